The monoisotopic (exact) mass is 227 g/mol. The van der Waals surface area contributed by atoms with Gasteiger partial charge in [0, 0.05) is 11.8 Å². The van der Waals surface area contributed by atoms with Crippen LogP contribution in [0.1, 0.15) is 31.9 Å². The van der Waals surface area contributed by atoms with Crippen molar-refractivity contribution in [3.05, 3.63) is 53.7 Å². The highest BCUT2D eigenvalue weighted by Gasteiger charge is 1.98. The predicted octanol–water partition coefficient (Wildman–Crippen LogP) is 4.65. The Hall–Kier alpha value is -1.63. The van der Waals surface area contributed by atoms with Crippen LogP contribution in [0.15, 0.2) is 42.6 Å². The van der Waals surface area contributed by atoms with Crippen LogP contribution in [0.5, 0.6) is 0 Å². The van der Waals surface area contributed by atoms with E-state index in [2.05, 4.69) is 55.2 Å². The van der Waals surface area contributed by atoms with Gasteiger partial charge in [0.15, 0.2) is 0 Å². The van der Waals surface area contributed by atoms with E-state index in [0.717, 1.165) is 12.1 Å². The zero-order valence-corrected chi connectivity index (χ0v) is 11.2. The van der Waals surface area contributed by atoms with E-state index in [0.29, 0.717) is 0 Å². The average Bonchev–Trinajstić information content (AvgIpc) is 2.42. The highest BCUT2D eigenvalue weighted by Crippen LogP contribution is 2.17. The maximum Gasteiger partial charge on any atom is 0.0702 e. The molecule has 0 saturated carbocycles. The second-order valence-corrected chi connectivity index (χ2v) is 3.77. The van der Waals surface area contributed by atoms with Crippen molar-refractivity contribution in [1.29, 1.82) is 0 Å². The molecule has 1 nitrogen and oxygen atoms in total. The van der Waals surface area contributed by atoms with Crippen LogP contribution in [0.2, 0.25) is 0 Å². The molecule has 0 aliphatic heterocycles. The molecular weight excluding hydrogens is 206 g/mol. The van der Waals surface area contributed by atoms with E-state index in [1.165, 1.54) is 16.7 Å². The lowest BCUT2D eigenvalue weighted by Crippen LogP contribution is -1.85. The van der Waals surface area contributed by atoms with Crippen LogP contribution in [0.4, 0.5) is 0 Å². The molecule has 0 unspecified atom stereocenters. The van der Waals surface area contributed by atoms with Crippen LogP contribution < -0.4 is 0 Å². The Morgan fingerprint density at radius 3 is 2.06 bits per heavy atom. The number of rotatable bonds is 2. The van der Waals surface area contributed by atoms with Gasteiger partial charge in [0.2, 0.25) is 0 Å². The number of hydrogen-bond donors (Lipinski definition) is 0. The van der Waals surface area contributed by atoms with Crippen molar-refractivity contribution in [1.82, 2.24) is 4.98 Å². The molecular formula is C16H21N. The first kappa shape index (κ1) is 13.4. The molecule has 1 aromatic carbocycles. The molecule has 1 aromatic heterocycles. The van der Waals surface area contributed by atoms with E-state index in [4.69, 9.17) is 0 Å². The summed E-state index contributed by atoms with van der Waals surface area (Å²) in [5.74, 6) is 0. The van der Waals surface area contributed by atoms with Gasteiger partial charge < -0.3 is 0 Å². The van der Waals surface area contributed by atoms with Crippen molar-refractivity contribution in [3.63, 3.8) is 0 Å². The van der Waals surface area contributed by atoms with Crippen LogP contribution in [0.25, 0.3) is 11.3 Å². The Bertz CT molecular complexity index is 426. The number of pyridine rings is 1. The largest absolute Gasteiger partial charge is 0.256 e. The third-order valence-electron chi connectivity index (χ3n) is 2.57. The molecule has 0 amide bonds. The van der Waals surface area contributed by atoms with E-state index in [1.807, 2.05) is 20.0 Å². The van der Waals surface area contributed by atoms with Crippen molar-refractivity contribution in [2.45, 2.75) is 34.1 Å². The summed E-state index contributed by atoms with van der Waals surface area (Å²) in [5.41, 5.74) is 4.80. The minimum absolute atomic E-state index is 1.04. The third-order valence-corrected chi connectivity index (χ3v) is 2.57. The zero-order chi connectivity index (χ0) is 12.7. The molecule has 2 rings (SSSR count). The molecule has 1 heterocycles. The lowest BCUT2D eigenvalue weighted by atomic mass is 10.1. The predicted molar refractivity (Wildman–Crippen MR) is 75.1 cm³/mol. The van der Waals surface area contributed by atoms with Gasteiger partial charge in [-0.25, -0.2) is 0 Å². The minimum Gasteiger partial charge on any atom is -0.256 e. The minimum atomic E-state index is 1.04. The summed E-state index contributed by atoms with van der Waals surface area (Å²) < 4.78 is 0. The van der Waals surface area contributed by atoms with Crippen LogP contribution >= 0.6 is 0 Å². The van der Waals surface area contributed by atoms with E-state index in [1.54, 1.807) is 0 Å². The molecule has 17 heavy (non-hydrogen) atoms. The fraction of sp³-hybridized carbons (Fsp3) is 0.312. The summed E-state index contributed by atoms with van der Waals surface area (Å²) in [4.78, 5) is 4.40. The number of nitrogens with zero attached hydrogens (tertiary/aromatic N) is 1. The fourth-order valence-electron chi connectivity index (χ4n) is 1.55. The molecule has 0 aliphatic rings. The van der Waals surface area contributed by atoms with E-state index in [-0.39, 0.29) is 0 Å². The Morgan fingerprint density at radius 2 is 1.59 bits per heavy atom. The molecule has 90 valence electrons. The fourth-order valence-corrected chi connectivity index (χ4v) is 1.55. The first-order valence-electron chi connectivity index (χ1n) is 6.31. The molecule has 0 aliphatic carbocycles. The third kappa shape index (κ3) is 3.70. The summed E-state index contributed by atoms with van der Waals surface area (Å²) in [7, 11) is 0. The standard InChI is InChI=1S/C14H15N.C2H6/c1-3-12-5-7-13(8-6-12)14-9-4-11(2)10-15-14;1-2/h4-10H,3H2,1-2H3;1-2H3. The highest BCUT2D eigenvalue weighted by atomic mass is 14.7. The Morgan fingerprint density at radius 1 is 0.941 bits per heavy atom. The summed E-state index contributed by atoms with van der Waals surface area (Å²) in [6, 6.07) is 12.8. The SMILES string of the molecule is CC.CCc1ccc(-c2ccc(C)cn2)cc1. The summed E-state index contributed by atoms with van der Waals surface area (Å²) in [6.07, 6.45) is 2.99. The van der Waals surface area contributed by atoms with Gasteiger partial charge in [0.05, 0.1) is 5.69 Å². The Kier molecular flexibility index (Phi) is 5.41. The van der Waals surface area contributed by atoms with Gasteiger partial charge in [-0.3, -0.25) is 4.98 Å². The average molecular weight is 227 g/mol. The van der Waals surface area contributed by atoms with E-state index >= 15 is 0 Å². The summed E-state index contributed by atoms with van der Waals surface area (Å²) in [6.45, 7) is 8.22. The van der Waals surface area contributed by atoms with Crippen molar-refractivity contribution in [3.8, 4) is 11.3 Å². The first-order chi connectivity index (χ1) is 8.29. The van der Waals surface area contributed by atoms with Gasteiger partial charge >= 0.3 is 0 Å². The van der Waals surface area contributed by atoms with Crippen molar-refractivity contribution in [2.24, 2.45) is 0 Å². The smallest absolute Gasteiger partial charge is 0.0702 e. The van der Waals surface area contributed by atoms with Crippen LogP contribution in [-0.2, 0) is 6.42 Å². The summed E-state index contributed by atoms with van der Waals surface area (Å²) in [5, 5.41) is 0. The maximum absolute atomic E-state index is 4.40. The van der Waals surface area contributed by atoms with E-state index in [9.17, 15) is 0 Å². The Labute approximate surface area is 105 Å². The van der Waals surface area contributed by atoms with Gasteiger partial charge in [0.1, 0.15) is 0 Å². The molecule has 1 heteroatoms. The molecule has 0 spiro atoms. The quantitative estimate of drug-likeness (QED) is 0.728. The lowest BCUT2D eigenvalue weighted by molar-refractivity contribution is 1.14. The zero-order valence-electron chi connectivity index (χ0n) is 11.2. The second kappa shape index (κ2) is 6.85. The van der Waals surface area contributed by atoms with Crippen molar-refractivity contribution >= 4 is 0 Å². The number of aryl methyl sites for hydroxylation is 2. The molecule has 0 atom stereocenters. The number of benzene rings is 1. The van der Waals surface area contributed by atoms with Crippen LogP contribution in [-0.4, -0.2) is 4.98 Å². The Balaban J connectivity index is 0.000000686. The van der Waals surface area contributed by atoms with Gasteiger partial charge in [-0.2, -0.15) is 0 Å². The maximum atomic E-state index is 4.40. The summed E-state index contributed by atoms with van der Waals surface area (Å²) >= 11 is 0. The second-order valence-electron chi connectivity index (χ2n) is 3.77. The van der Waals surface area contributed by atoms with Gasteiger partial charge in [-0.05, 0) is 30.5 Å². The molecule has 0 saturated heterocycles. The van der Waals surface area contributed by atoms with Gasteiger partial charge in [-0.1, -0.05) is 51.1 Å². The van der Waals surface area contributed by atoms with Gasteiger partial charge in [-0.15, -0.1) is 0 Å². The van der Waals surface area contributed by atoms with Crippen molar-refractivity contribution in [2.75, 3.05) is 0 Å². The lowest BCUT2D eigenvalue weighted by Gasteiger charge is -2.02. The number of hydrogen-bond acceptors (Lipinski definition) is 1. The normalized spacial score (nSPS) is 9.41. The molecule has 2 aromatic rings. The topological polar surface area (TPSA) is 12.9 Å². The molecule has 0 fully saturated rings. The molecule has 0 N–H and O–H groups in total. The van der Waals surface area contributed by atoms with Gasteiger partial charge in [0.25, 0.3) is 0 Å². The van der Waals surface area contributed by atoms with Crippen LogP contribution in [0.3, 0.4) is 0 Å². The van der Waals surface area contributed by atoms with Crippen LogP contribution in [0, 0.1) is 6.92 Å². The van der Waals surface area contributed by atoms with E-state index < -0.39 is 0 Å². The van der Waals surface area contributed by atoms with Crippen molar-refractivity contribution < 1.29 is 0 Å². The molecule has 0 bridgehead atoms. The number of aromatic nitrogens is 1. The first-order valence-corrected chi connectivity index (χ1v) is 6.31. The molecule has 0 radical (unpaired) electrons. The highest BCUT2D eigenvalue weighted by molar-refractivity contribution is 5.59.